The number of hydrogen-bond acceptors (Lipinski definition) is 3. The van der Waals surface area contributed by atoms with Crippen LogP contribution < -0.4 is 4.90 Å². The molecule has 1 spiro atoms. The summed E-state index contributed by atoms with van der Waals surface area (Å²) in [5, 5.41) is 0.990. The van der Waals surface area contributed by atoms with Crippen LogP contribution in [0.4, 0.5) is 10.2 Å². The number of rotatable bonds is 1. The molecule has 0 N–H and O–H groups in total. The third-order valence-electron chi connectivity index (χ3n) is 5.32. The Morgan fingerprint density at radius 2 is 1.83 bits per heavy atom. The third kappa shape index (κ3) is 2.61. The molecule has 7 heteroatoms. The van der Waals surface area contributed by atoms with Crippen LogP contribution >= 0.6 is 39.1 Å². The number of piperidine rings is 1. The van der Waals surface area contributed by atoms with Crippen LogP contribution in [-0.4, -0.2) is 23.1 Å². The zero-order valence-corrected chi connectivity index (χ0v) is 15.5. The van der Waals surface area contributed by atoms with Gasteiger partial charge in [0.15, 0.2) is 5.82 Å². The fraction of sp³-hybridized carbons (Fsp3) is 0.500. The van der Waals surface area contributed by atoms with Gasteiger partial charge in [0.2, 0.25) is 5.28 Å². The maximum Gasteiger partial charge on any atom is 0.225 e. The first-order chi connectivity index (χ1) is 11.0. The predicted molar refractivity (Wildman–Crippen MR) is 94.9 cm³/mol. The fourth-order valence-corrected chi connectivity index (χ4v) is 4.40. The Labute approximate surface area is 152 Å². The minimum atomic E-state index is -0.495. The van der Waals surface area contributed by atoms with Crippen LogP contribution in [0.3, 0.4) is 0 Å². The Balaban J connectivity index is 1.77. The Morgan fingerprint density at radius 3 is 2.43 bits per heavy atom. The molecule has 122 valence electrons. The maximum absolute atomic E-state index is 14.5. The Kier molecular flexibility index (Phi) is 3.94. The SMILES string of the molecule is Fc1c(Br)c(Cl)cc2c(N3CCC4(CCC4)CC3)nc(Cl)nc12. The summed E-state index contributed by atoms with van der Waals surface area (Å²) in [6.07, 6.45) is 6.32. The van der Waals surface area contributed by atoms with E-state index in [9.17, 15) is 4.39 Å². The van der Waals surface area contributed by atoms with Gasteiger partial charge in [-0.05, 0) is 64.7 Å². The van der Waals surface area contributed by atoms with E-state index in [1.54, 1.807) is 6.07 Å². The van der Waals surface area contributed by atoms with E-state index < -0.39 is 5.82 Å². The summed E-state index contributed by atoms with van der Waals surface area (Å²) in [6, 6.07) is 1.71. The molecule has 1 aliphatic heterocycles. The highest BCUT2D eigenvalue weighted by Crippen LogP contribution is 2.49. The molecule has 0 bridgehead atoms. The lowest BCUT2D eigenvalue weighted by atomic mass is 9.63. The maximum atomic E-state index is 14.5. The van der Waals surface area contributed by atoms with Gasteiger partial charge in [-0.25, -0.2) is 9.37 Å². The lowest BCUT2D eigenvalue weighted by Crippen LogP contribution is -2.44. The average Bonchev–Trinajstić information content (AvgIpc) is 2.52. The molecule has 1 aromatic heterocycles. The van der Waals surface area contributed by atoms with Gasteiger partial charge in [0.1, 0.15) is 11.3 Å². The van der Waals surface area contributed by atoms with Crippen LogP contribution in [0.25, 0.3) is 10.9 Å². The molecule has 0 atom stereocenters. The van der Waals surface area contributed by atoms with Crippen LogP contribution in [0.15, 0.2) is 10.5 Å². The summed E-state index contributed by atoms with van der Waals surface area (Å²) in [6.45, 7) is 1.83. The second kappa shape index (κ2) is 5.71. The van der Waals surface area contributed by atoms with E-state index in [-0.39, 0.29) is 15.3 Å². The van der Waals surface area contributed by atoms with Gasteiger partial charge in [-0.3, -0.25) is 0 Å². The highest BCUT2D eigenvalue weighted by molar-refractivity contribution is 9.10. The number of nitrogens with zero attached hydrogens (tertiary/aromatic N) is 3. The van der Waals surface area contributed by atoms with Crippen LogP contribution in [0.2, 0.25) is 10.3 Å². The van der Waals surface area contributed by atoms with Crippen molar-refractivity contribution in [3.8, 4) is 0 Å². The highest BCUT2D eigenvalue weighted by atomic mass is 79.9. The standard InChI is InChI=1S/C16H15BrCl2FN3/c17-11-10(18)8-9-13(12(11)20)21-15(19)22-14(9)23-6-4-16(5-7-23)2-1-3-16/h8H,1-7H2. The highest BCUT2D eigenvalue weighted by Gasteiger charge is 2.40. The molecule has 2 aliphatic rings. The summed E-state index contributed by atoms with van der Waals surface area (Å²) in [5.41, 5.74) is 0.745. The fourth-order valence-electron chi connectivity index (χ4n) is 3.74. The molecule has 1 saturated heterocycles. The zero-order chi connectivity index (χ0) is 16.2. The van der Waals surface area contributed by atoms with E-state index in [0.717, 1.165) is 25.9 Å². The first-order valence-electron chi connectivity index (χ1n) is 7.75. The average molecular weight is 419 g/mol. The monoisotopic (exact) mass is 417 g/mol. The topological polar surface area (TPSA) is 29.0 Å². The Morgan fingerprint density at radius 1 is 1.13 bits per heavy atom. The molecule has 3 nitrogen and oxygen atoms in total. The van der Waals surface area contributed by atoms with Gasteiger partial charge in [-0.2, -0.15) is 4.98 Å². The van der Waals surface area contributed by atoms with Gasteiger partial charge in [-0.1, -0.05) is 18.0 Å². The molecule has 1 aromatic carbocycles. The summed E-state index contributed by atoms with van der Waals surface area (Å²) >= 11 is 15.3. The van der Waals surface area contributed by atoms with Crippen molar-refractivity contribution in [3.05, 3.63) is 26.7 Å². The van der Waals surface area contributed by atoms with Crippen molar-refractivity contribution in [1.29, 1.82) is 0 Å². The lowest BCUT2D eigenvalue weighted by molar-refractivity contribution is 0.0954. The molecular weight excluding hydrogens is 404 g/mol. The van der Waals surface area contributed by atoms with Crippen molar-refractivity contribution < 1.29 is 4.39 Å². The molecular formula is C16H15BrCl2FN3. The quantitative estimate of drug-likeness (QED) is 0.445. The van der Waals surface area contributed by atoms with E-state index in [1.165, 1.54) is 19.3 Å². The van der Waals surface area contributed by atoms with Gasteiger partial charge < -0.3 is 4.90 Å². The summed E-state index contributed by atoms with van der Waals surface area (Å²) < 4.78 is 14.7. The smallest absolute Gasteiger partial charge is 0.225 e. The predicted octanol–water partition coefficient (Wildman–Crippen LogP) is 5.61. The van der Waals surface area contributed by atoms with Crippen molar-refractivity contribution in [2.24, 2.45) is 5.41 Å². The van der Waals surface area contributed by atoms with E-state index >= 15 is 0 Å². The number of halogens is 4. The number of hydrogen-bond donors (Lipinski definition) is 0. The van der Waals surface area contributed by atoms with Crippen molar-refractivity contribution in [1.82, 2.24) is 9.97 Å². The minimum Gasteiger partial charge on any atom is -0.356 e. The van der Waals surface area contributed by atoms with Gasteiger partial charge in [0, 0.05) is 18.5 Å². The van der Waals surface area contributed by atoms with Crippen molar-refractivity contribution >= 4 is 55.9 Å². The number of fused-ring (bicyclic) bond motifs is 1. The van der Waals surface area contributed by atoms with Crippen LogP contribution in [-0.2, 0) is 0 Å². The van der Waals surface area contributed by atoms with E-state index in [0.29, 0.717) is 21.6 Å². The summed E-state index contributed by atoms with van der Waals surface area (Å²) in [4.78, 5) is 10.6. The Hall–Kier alpha value is -0.650. The molecule has 4 rings (SSSR count). The Bertz CT molecular complexity index is 785. The molecule has 1 saturated carbocycles. The van der Waals surface area contributed by atoms with Gasteiger partial charge in [-0.15, -0.1) is 0 Å². The second-order valence-electron chi connectivity index (χ2n) is 6.54. The lowest BCUT2D eigenvalue weighted by Gasteiger charge is -2.48. The normalized spacial score (nSPS) is 20.1. The van der Waals surface area contributed by atoms with Crippen LogP contribution in [0.5, 0.6) is 0 Å². The first-order valence-corrected chi connectivity index (χ1v) is 9.30. The number of aromatic nitrogens is 2. The van der Waals surface area contributed by atoms with Crippen LogP contribution in [0, 0.1) is 11.2 Å². The molecule has 1 aliphatic carbocycles. The van der Waals surface area contributed by atoms with Gasteiger partial charge in [0.25, 0.3) is 0 Å². The third-order valence-corrected chi connectivity index (χ3v) is 6.79. The first kappa shape index (κ1) is 15.9. The molecule has 0 unspecified atom stereocenters. The molecule has 0 radical (unpaired) electrons. The minimum absolute atomic E-state index is 0.0598. The summed E-state index contributed by atoms with van der Waals surface area (Å²) in [5.74, 6) is 0.188. The van der Waals surface area contributed by atoms with Crippen molar-refractivity contribution in [2.75, 3.05) is 18.0 Å². The molecule has 2 aromatic rings. The zero-order valence-electron chi connectivity index (χ0n) is 12.4. The van der Waals surface area contributed by atoms with E-state index in [1.807, 2.05) is 0 Å². The van der Waals surface area contributed by atoms with Gasteiger partial charge in [0.05, 0.1) is 9.50 Å². The van der Waals surface area contributed by atoms with E-state index in [4.69, 9.17) is 23.2 Å². The molecule has 0 amide bonds. The van der Waals surface area contributed by atoms with Crippen molar-refractivity contribution in [2.45, 2.75) is 32.1 Å². The number of anilines is 1. The largest absolute Gasteiger partial charge is 0.356 e. The number of benzene rings is 1. The molecule has 23 heavy (non-hydrogen) atoms. The van der Waals surface area contributed by atoms with Crippen molar-refractivity contribution in [3.63, 3.8) is 0 Å². The van der Waals surface area contributed by atoms with Crippen LogP contribution in [0.1, 0.15) is 32.1 Å². The summed E-state index contributed by atoms with van der Waals surface area (Å²) in [7, 11) is 0. The molecule has 2 fully saturated rings. The second-order valence-corrected chi connectivity index (χ2v) is 8.08. The molecule has 2 heterocycles. The van der Waals surface area contributed by atoms with E-state index in [2.05, 4.69) is 30.8 Å². The van der Waals surface area contributed by atoms with Gasteiger partial charge >= 0.3 is 0 Å².